The maximum atomic E-state index is 9.15. The van der Waals surface area contributed by atoms with Gasteiger partial charge in [-0.1, -0.05) is 49.1 Å². The Morgan fingerprint density at radius 3 is 2.00 bits per heavy atom. The molecule has 70 valence electrons. The lowest BCUT2D eigenvalue weighted by Gasteiger charge is -2.20. The van der Waals surface area contributed by atoms with Gasteiger partial charge < -0.3 is 10.0 Å². The fourth-order valence-corrected chi connectivity index (χ4v) is 3.08. The van der Waals surface area contributed by atoms with Crippen LogP contribution in [0.1, 0.15) is 0 Å². The van der Waals surface area contributed by atoms with Crippen LogP contribution in [0.4, 0.5) is 0 Å². The molecule has 0 fully saturated rings. The number of rotatable bonds is 2. The third kappa shape index (κ3) is 2.43. The highest BCUT2D eigenvalue weighted by atomic mass is 28.3. The minimum atomic E-state index is -1.46. The van der Waals surface area contributed by atoms with Crippen molar-refractivity contribution in [3.8, 4) is 0 Å². The van der Waals surface area contributed by atoms with E-state index in [-0.39, 0.29) is 0 Å². The van der Waals surface area contributed by atoms with E-state index in [4.69, 9.17) is 10.0 Å². The van der Waals surface area contributed by atoms with Crippen LogP contribution in [-0.2, 0) is 0 Å². The molecule has 0 aliphatic rings. The van der Waals surface area contributed by atoms with Crippen LogP contribution in [-0.4, -0.2) is 25.2 Å². The molecule has 0 aliphatic carbocycles. The summed E-state index contributed by atoms with van der Waals surface area (Å²) in [4.78, 5) is 0. The van der Waals surface area contributed by atoms with E-state index >= 15 is 0 Å². The number of hydrogen-bond acceptors (Lipinski definition) is 2. The molecule has 0 atom stereocenters. The average Bonchev–Trinajstić information content (AvgIpc) is 2.03. The number of hydrogen-bond donors (Lipinski definition) is 2. The van der Waals surface area contributed by atoms with Gasteiger partial charge in [-0.3, -0.25) is 0 Å². The predicted molar refractivity (Wildman–Crippen MR) is 59.2 cm³/mol. The summed E-state index contributed by atoms with van der Waals surface area (Å²) >= 11 is 0. The minimum absolute atomic E-state index is 0.654. The first-order valence-electron chi connectivity index (χ1n) is 4.38. The van der Waals surface area contributed by atoms with Gasteiger partial charge in [0.25, 0.3) is 0 Å². The second kappa shape index (κ2) is 3.66. The molecule has 2 N–H and O–H groups in total. The molecule has 0 aromatic heterocycles. The molecular weight excluding hydrogens is 179 g/mol. The summed E-state index contributed by atoms with van der Waals surface area (Å²) in [6, 6.07) is 7.54. The molecule has 1 aromatic rings. The Labute approximate surface area is 80.4 Å². The fourth-order valence-electron chi connectivity index (χ4n) is 1.41. The van der Waals surface area contributed by atoms with Crippen LogP contribution in [0.5, 0.6) is 0 Å². The minimum Gasteiger partial charge on any atom is -0.423 e. The van der Waals surface area contributed by atoms with Crippen molar-refractivity contribution in [2.24, 2.45) is 0 Å². The molecule has 0 bridgehead atoms. The molecular formula is C9H15BO2Si. The zero-order valence-electron chi connectivity index (χ0n) is 8.28. The zero-order valence-corrected chi connectivity index (χ0v) is 9.28. The smallest absolute Gasteiger partial charge is 0.423 e. The van der Waals surface area contributed by atoms with Crippen molar-refractivity contribution in [1.29, 1.82) is 0 Å². The Morgan fingerprint density at radius 2 is 1.62 bits per heavy atom. The van der Waals surface area contributed by atoms with Crippen molar-refractivity contribution in [3.63, 3.8) is 0 Å². The van der Waals surface area contributed by atoms with Crippen molar-refractivity contribution in [3.05, 3.63) is 24.3 Å². The Morgan fingerprint density at radius 1 is 1.08 bits per heavy atom. The standard InChI is InChI=1S/C9H15BO2Si/c1-13(2,3)9-7-5-4-6-8(9)10(11)12/h4-7,11-12H,1-3H3. The molecule has 0 spiro atoms. The van der Waals surface area contributed by atoms with Gasteiger partial charge in [0.1, 0.15) is 0 Å². The zero-order chi connectivity index (χ0) is 10.1. The molecule has 13 heavy (non-hydrogen) atoms. The van der Waals surface area contributed by atoms with Gasteiger partial charge in [-0.05, 0) is 5.46 Å². The van der Waals surface area contributed by atoms with Gasteiger partial charge >= 0.3 is 7.12 Å². The molecule has 0 unspecified atom stereocenters. The van der Waals surface area contributed by atoms with Crippen LogP contribution in [0, 0.1) is 0 Å². The van der Waals surface area contributed by atoms with E-state index in [2.05, 4.69) is 19.6 Å². The maximum Gasteiger partial charge on any atom is 0.488 e. The summed E-state index contributed by atoms with van der Waals surface area (Å²) in [5.74, 6) is 0. The van der Waals surface area contributed by atoms with Crippen LogP contribution in [0.2, 0.25) is 19.6 Å². The highest BCUT2D eigenvalue weighted by molar-refractivity contribution is 6.92. The SMILES string of the molecule is C[Si](C)(C)c1ccccc1B(O)O. The monoisotopic (exact) mass is 194 g/mol. The first-order chi connectivity index (χ1) is 5.93. The van der Waals surface area contributed by atoms with Gasteiger partial charge in [0.2, 0.25) is 0 Å². The van der Waals surface area contributed by atoms with Gasteiger partial charge in [-0.15, -0.1) is 0 Å². The van der Waals surface area contributed by atoms with Crippen LogP contribution < -0.4 is 10.6 Å². The topological polar surface area (TPSA) is 40.5 Å². The lowest BCUT2D eigenvalue weighted by atomic mass is 9.80. The van der Waals surface area contributed by atoms with Gasteiger partial charge in [0, 0.05) is 0 Å². The predicted octanol–water partition coefficient (Wildman–Crippen LogP) is -0.0884. The third-order valence-electron chi connectivity index (χ3n) is 2.05. The second-order valence-corrected chi connectivity index (χ2v) is 9.25. The molecule has 2 nitrogen and oxygen atoms in total. The Hall–Kier alpha value is -0.578. The second-order valence-electron chi connectivity index (χ2n) is 4.21. The highest BCUT2D eigenvalue weighted by Gasteiger charge is 2.24. The first kappa shape index (κ1) is 10.5. The Balaban J connectivity index is 3.20. The van der Waals surface area contributed by atoms with E-state index in [1.165, 1.54) is 0 Å². The first-order valence-corrected chi connectivity index (χ1v) is 7.88. The summed E-state index contributed by atoms with van der Waals surface area (Å²) in [5.41, 5.74) is 0.654. The van der Waals surface area contributed by atoms with Gasteiger partial charge in [0.15, 0.2) is 0 Å². The molecule has 1 aromatic carbocycles. The lowest BCUT2D eigenvalue weighted by molar-refractivity contribution is 0.426. The van der Waals surface area contributed by atoms with Crippen molar-refractivity contribution in [1.82, 2.24) is 0 Å². The molecule has 0 aliphatic heterocycles. The number of benzene rings is 1. The summed E-state index contributed by atoms with van der Waals surface area (Å²) < 4.78 is 0. The van der Waals surface area contributed by atoms with Crippen LogP contribution in [0.15, 0.2) is 24.3 Å². The lowest BCUT2D eigenvalue weighted by Crippen LogP contribution is -2.52. The molecule has 0 amide bonds. The molecule has 0 saturated carbocycles. The molecule has 0 saturated heterocycles. The van der Waals surface area contributed by atoms with Crippen molar-refractivity contribution in [2.75, 3.05) is 0 Å². The molecule has 4 heteroatoms. The quantitative estimate of drug-likeness (QED) is 0.646. The maximum absolute atomic E-state index is 9.15. The van der Waals surface area contributed by atoms with Gasteiger partial charge in [0.05, 0.1) is 8.07 Å². The van der Waals surface area contributed by atoms with Crippen LogP contribution in [0.25, 0.3) is 0 Å². The molecule has 1 rings (SSSR count). The Kier molecular flexibility index (Phi) is 2.95. The van der Waals surface area contributed by atoms with Crippen molar-refractivity contribution in [2.45, 2.75) is 19.6 Å². The summed E-state index contributed by atoms with van der Waals surface area (Å²) in [6.07, 6.45) is 0. The summed E-state index contributed by atoms with van der Waals surface area (Å²) in [5, 5.41) is 19.4. The highest BCUT2D eigenvalue weighted by Crippen LogP contribution is 2.00. The van der Waals surface area contributed by atoms with E-state index in [1.807, 2.05) is 18.2 Å². The fraction of sp³-hybridized carbons (Fsp3) is 0.333. The largest absolute Gasteiger partial charge is 0.488 e. The third-order valence-corrected chi connectivity index (χ3v) is 4.12. The normalized spacial score (nSPS) is 11.5. The van der Waals surface area contributed by atoms with E-state index in [0.29, 0.717) is 5.46 Å². The van der Waals surface area contributed by atoms with Gasteiger partial charge in [-0.2, -0.15) is 0 Å². The van der Waals surface area contributed by atoms with Crippen molar-refractivity contribution < 1.29 is 10.0 Å². The average molecular weight is 194 g/mol. The van der Waals surface area contributed by atoms with Crippen LogP contribution in [0.3, 0.4) is 0 Å². The van der Waals surface area contributed by atoms with E-state index in [1.54, 1.807) is 6.07 Å². The van der Waals surface area contributed by atoms with Crippen molar-refractivity contribution >= 4 is 25.8 Å². The van der Waals surface area contributed by atoms with E-state index in [0.717, 1.165) is 5.19 Å². The van der Waals surface area contributed by atoms with E-state index < -0.39 is 15.2 Å². The van der Waals surface area contributed by atoms with Gasteiger partial charge in [-0.25, -0.2) is 0 Å². The molecule has 0 radical (unpaired) electrons. The van der Waals surface area contributed by atoms with Crippen LogP contribution >= 0.6 is 0 Å². The van der Waals surface area contributed by atoms with E-state index in [9.17, 15) is 0 Å². The molecule has 0 heterocycles. The Bertz CT molecular complexity index is 294. The summed E-state index contributed by atoms with van der Waals surface area (Å²) in [7, 11) is -2.81. The summed E-state index contributed by atoms with van der Waals surface area (Å²) in [6.45, 7) is 6.57.